The Morgan fingerprint density at radius 2 is 2.12 bits per heavy atom. The van der Waals surface area contributed by atoms with Crippen LogP contribution in [0.1, 0.15) is 23.8 Å². The Morgan fingerprint density at radius 1 is 1.41 bits per heavy atom. The molecule has 0 atom stereocenters. The number of carbonyl (C=O) groups is 1. The number of hydrogen-bond donors (Lipinski definition) is 2. The van der Waals surface area contributed by atoms with Crippen molar-refractivity contribution in [1.82, 2.24) is 20.0 Å². The number of H-pyrrole nitrogens is 1. The topological polar surface area (TPSA) is 78.2 Å². The van der Waals surface area contributed by atoms with Crippen LogP contribution < -0.4 is 5.73 Å². The lowest BCUT2D eigenvalue weighted by Gasteiger charge is -2.23. The molecule has 0 aromatic carbocycles. The summed E-state index contributed by atoms with van der Waals surface area (Å²) < 4.78 is 0. The average molecular weight is 239 g/mol. The van der Waals surface area contributed by atoms with Crippen molar-refractivity contribution in [1.29, 1.82) is 0 Å². The molecule has 0 radical (unpaired) electrons. The van der Waals surface area contributed by atoms with Crippen LogP contribution in [0.3, 0.4) is 0 Å². The molecule has 0 saturated heterocycles. The van der Waals surface area contributed by atoms with Crippen molar-refractivity contribution in [3.63, 3.8) is 0 Å². The molecule has 96 valence electrons. The number of nitrogen functional groups attached to an aromatic ring is 1. The van der Waals surface area contributed by atoms with Crippen molar-refractivity contribution in [2.45, 2.75) is 13.3 Å². The Kier molecular flexibility index (Phi) is 4.96. The van der Waals surface area contributed by atoms with Crippen LogP contribution in [-0.4, -0.2) is 59.6 Å². The zero-order valence-corrected chi connectivity index (χ0v) is 10.7. The van der Waals surface area contributed by atoms with E-state index in [4.69, 9.17) is 5.73 Å². The standard InChI is InChI=1S/C11H21N5O/c1-4-5-16(7-6-15(2)3)11(17)10-9(12)8-13-14-10/h8H,4-7,12H2,1-3H3,(H,13,14). The first-order chi connectivity index (χ1) is 8.06. The Labute approximate surface area is 102 Å². The zero-order chi connectivity index (χ0) is 12.8. The number of amides is 1. The predicted octanol–water partition coefficient (Wildman–Crippen LogP) is 0.406. The van der Waals surface area contributed by atoms with Crippen LogP contribution in [-0.2, 0) is 0 Å². The molecule has 3 N–H and O–H groups in total. The quantitative estimate of drug-likeness (QED) is 0.753. The van der Waals surface area contributed by atoms with Crippen molar-refractivity contribution in [3.05, 3.63) is 11.9 Å². The molecule has 1 heterocycles. The highest BCUT2D eigenvalue weighted by molar-refractivity contribution is 5.96. The maximum absolute atomic E-state index is 12.2. The fourth-order valence-electron chi connectivity index (χ4n) is 1.53. The fourth-order valence-corrected chi connectivity index (χ4v) is 1.53. The van der Waals surface area contributed by atoms with Crippen LogP contribution in [0.2, 0.25) is 0 Å². The largest absolute Gasteiger partial charge is 0.396 e. The number of aromatic nitrogens is 2. The first-order valence-corrected chi connectivity index (χ1v) is 5.79. The van der Waals surface area contributed by atoms with Gasteiger partial charge in [-0.2, -0.15) is 5.10 Å². The summed E-state index contributed by atoms with van der Waals surface area (Å²) in [5.41, 5.74) is 6.47. The number of anilines is 1. The summed E-state index contributed by atoms with van der Waals surface area (Å²) in [6, 6.07) is 0. The molecular formula is C11H21N5O. The van der Waals surface area contributed by atoms with Gasteiger partial charge in [0.25, 0.3) is 5.91 Å². The van der Waals surface area contributed by atoms with Gasteiger partial charge in [-0.3, -0.25) is 9.89 Å². The van der Waals surface area contributed by atoms with Gasteiger partial charge in [0.2, 0.25) is 0 Å². The van der Waals surface area contributed by atoms with Gasteiger partial charge in [0, 0.05) is 19.6 Å². The van der Waals surface area contributed by atoms with Gasteiger partial charge in [0.05, 0.1) is 11.9 Å². The molecule has 0 aliphatic carbocycles. The highest BCUT2D eigenvalue weighted by Gasteiger charge is 2.18. The molecule has 1 rings (SSSR count). The van der Waals surface area contributed by atoms with Crippen molar-refractivity contribution in [2.24, 2.45) is 0 Å². The summed E-state index contributed by atoms with van der Waals surface area (Å²) in [5, 5.41) is 6.42. The zero-order valence-electron chi connectivity index (χ0n) is 10.7. The fraction of sp³-hybridized carbons (Fsp3) is 0.636. The van der Waals surface area contributed by atoms with E-state index in [2.05, 4.69) is 10.2 Å². The lowest BCUT2D eigenvalue weighted by molar-refractivity contribution is 0.0740. The molecule has 1 aromatic rings. The molecule has 1 aromatic heterocycles. The number of carbonyl (C=O) groups excluding carboxylic acids is 1. The summed E-state index contributed by atoms with van der Waals surface area (Å²) in [4.78, 5) is 16.0. The summed E-state index contributed by atoms with van der Waals surface area (Å²) in [5.74, 6) is -0.0799. The number of rotatable bonds is 6. The van der Waals surface area contributed by atoms with Gasteiger partial charge in [0.1, 0.15) is 5.69 Å². The Bertz CT molecular complexity index is 360. The molecule has 0 saturated carbocycles. The van der Waals surface area contributed by atoms with Crippen molar-refractivity contribution in [2.75, 3.05) is 39.5 Å². The molecule has 0 aliphatic rings. The molecule has 0 aliphatic heterocycles. The first kappa shape index (κ1) is 13.5. The highest BCUT2D eigenvalue weighted by Crippen LogP contribution is 2.10. The number of hydrogen-bond acceptors (Lipinski definition) is 4. The van der Waals surface area contributed by atoms with Gasteiger partial charge in [-0.15, -0.1) is 0 Å². The minimum atomic E-state index is -0.0799. The predicted molar refractivity (Wildman–Crippen MR) is 67.7 cm³/mol. The van der Waals surface area contributed by atoms with Crippen LogP contribution >= 0.6 is 0 Å². The molecule has 6 nitrogen and oxygen atoms in total. The second kappa shape index (κ2) is 6.24. The third kappa shape index (κ3) is 3.74. The Hall–Kier alpha value is -1.56. The smallest absolute Gasteiger partial charge is 0.274 e. The molecule has 0 unspecified atom stereocenters. The second-order valence-corrected chi connectivity index (χ2v) is 4.30. The van der Waals surface area contributed by atoms with Gasteiger partial charge in [-0.25, -0.2) is 0 Å². The number of aromatic amines is 1. The van der Waals surface area contributed by atoms with Crippen LogP contribution in [0.4, 0.5) is 5.69 Å². The van der Waals surface area contributed by atoms with E-state index in [9.17, 15) is 4.79 Å². The van der Waals surface area contributed by atoms with E-state index >= 15 is 0 Å². The normalized spacial score (nSPS) is 10.8. The summed E-state index contributed by atoms with van der Waals surface area (Å²) in [6.45, 7) is 4.30. The SMILES string of the molecule is CCCN(CCN(C)C)C(=O)c1[nH]ncc1N. The Balaban J connectivity index is 2.70. The van der Waals surface area contributed by atoms with Gasteiger partial charge in [-0.05, 0) is 20.5 Å². The van der Waals surface area contributed by atoms with Crippen LogP contribution in [0.5, 0.6) is 0 Å². The number of nitrogens with two attached hydrogens (primary N) is 1. The highest BCUT2D eigenvalue weighted by atomic mass is 16.2. The lowest BCUT2D eigenvalue weighted by Crippen LogP contribution is -2.37. The molecule has 0 spiro atoms. The number of likely N-dealkylation sites (N-methyl/N-ethyl adjacent to an activating group) is 1. The first-order valence-electron chi connectivity index (χ1n) is 5.79. The summed E-state index contributed by atoms with van der Waals surface area (Å²) in [7, 11) is 3.97. The van der Waals surface area contributed by atoms with E-state index in [1.165, 1.54) is 6.20 Å². The minimum absolute atomic E-state index is 0.0799. The van der Waals surface area contributed by atoms with E-state index in [0.717, 1.165) is 19.5 Å². The van der Waals surface area contributed by atoms with E-state index in [0.29, 0.717) is 17.9 Å². The summed E-state index contributed by atoms with van der Waals surface area (Å²) in [6.07, 6.45) is 2.39. The van der Waals surface area contributed by atoms with Crippen molar-refractivity contribution < 1.29 is 4.79 Å². The molecule has 6 heteroatoms. The molecule has 17 heavy (non-hydrogen) atoms. The number of nitrogens with zero attached hydrogens (tertiary/aromatic N) is 3. The van der Waals surface area contributed by atoms with Gasteiger partial charge < -0.3 is 15.5 Å². The van der Waals surface area contributed by atoms with Crippen LogP contribution in [0, 0.1) is 0 Å². The second-order valence-electron chi connectivity index (χ2n) is 4.30. The van der Waals surface area contributed by atoms with E-state index in [1.807, 2.05) is 25.9 Å². The van der Waals surface area contributed by atoms with Gasteiger partial charge in [0.15, 0.2) is 0 Å². The Morgan fingerprint density at radius 3 is 2.59 bits per heavy atom. The minimum Gasteiger partial charge on any atom is -0.396 e. The number of nitrogens with one attached hydrogen (secondary N) is 1. The molecule has 0 bridgehead atoms. The van der Waals surface area contributed by atoms with Gasteiger partial charge >= 0.3 is 0 Å². The van der Waals surface area contributed by atoms with Crippen molar-refractivity contribution in [3.8, 4) is 0 Å². The maximum Gasteiger partial charge on any atom is 0.274 e. The molecule has 1 amide bonds. The van der Waals surface area contributed by atoms with E-state index in [-0.39, 0.29) is 5.91 Å². The third-order valence-electron chi connectivity index (χ3n) is 2.48. The average Bonchev–Trinajstić information content (AvgIpc) is 2.69. The molecular weight excluding hydrogens is 218 g/mol. The van der Waals surface area contributed by atoms with Gasteiger partial charge in [-0.1, -0.05) is 6.92 Å². The monoisotopic (exact) mass is 239 g/mol. The van der Waals surface area contributed by atoms with Crippen LogP contribution in [0.25, 0.3) is 0 Å². The van der Waals surface area contributed by atoms with E-state index in [1.54, 1.807) is 4.90 Å². The summed E-state index contributed by atoms with van der Waals surface area (Å²) >= 11 is 0. The molecule has 0 fully saturated rings. The maximum atomic E-state index is 12.2. The van der Waals surface area contributed by atoms with E-state index < -0.39 is 0 Å². The van der Waals surface area contributed by atoms with Crippen LogP contribution in [0.15, 0.2) is 6.20 Å². The lowest BCUT2D eigenvalue weighted by atomic mass is 10.3. The van der Waals surface area contributed by atoms with Crippen molar-refractivity contribution >= 4 is 11.6 Å². The third-order valence-corrected chi connectivity index (χ3v) is 2.48.